The molecule has 18 heavy (non-hydrogen) atoms. The average molecular weight is 272 g/mol. The Bertz CT molecular complexity index is 494. The van der Waals surface area contributed by atoms with E-state index < -0.39 is 28.1 Å². The van der Waals surface area contributed by atoms with E-state index in [-0.39, 0.29) is 0 Å². The van der Waals surface area contributed by atoms with E-state index >= 15 is 0 Å². The molecule has 0 aliphatic heterocycles. The largest absolute Gasteiger partial charge is 0.467 e. The summed E-state index contributed by atoms with van der Waals surface area (Å²) in [7, 11) is -2.54. The van der Waals surface area contributed by atoms with Gasteiger partial charge in [0.25, 0.3) is 10.1 Å². The smallest absolute Gasteiger partial charge is 0.337 e. The third-order valence-corrected chi connectivity index (χ3v) is 3.05. The molecule has 5 nitrogen and oxygen atoms in total. The fraction of sp³-hybridized carbons (Fsp3) is 0.417. The average Bonchev–Trinajstić information content (AvgIpc) is 2.34. The lowest BCUT2D eigenvalue weighted by Gasteiger charge is -2.21. The van der Waals surface area contributed by atoms with Crippen molar-refractivity contribution in [3.8, 4) is 0 Å². The van der Waals surface area contributed by atoms with E-state index in [1.54, 1.807) is 31.2 Å². The van der Waals surface area contributed by atoms with Crippen molar-refractivity contribution in [1.29, 1.82) is 0 Å². The first-order valence-electron chi connectivity index (χ1n) is 5.36. The van der Waals surface area contributed by atoms with Crippen molar-refractivity contribution in [1.82, 2.24) is 0 Å². The Balaban J connectivity index is 3.00. The molecule has 0 aliphatic rings. The Labute approximate surface area is 107 Å². The first kappa shape index (κ1) is 14.7. The second kappa shape index (κ2) is 5.97. The molecule has 0 aromatic heterocycles. The van der Waals surface area contributed by atoms with Gasteiger partial charge in [0.15, 0.2) is 6.10 Å². The molecule has 0 spiro atoms. The highest BCUT2D eigenvalue weighted by Gasteiger charge is 2.31. The fourth-order valence-corrected chi connectivity index (χ4v) is 2.18. The summed E-state index contributed by atoms with van der Waals surface area (Å²) in [5.74, 6) is -1.13. The van der Waals surface area contributed by atoms with Crippen molar-refractivity contribution in [2.45, 2.75) is 18.9 Å². The number of ether oxygens (including phenoxy) is 1. The van der Waals surface area contributed by atoms with E-state index in [0.29, 0.717) is 0 Å². The molecule has 100 valence electrons. The van der Waals surface area contributed by atoms with Crippen molar-refractivity contribution in [2.75, 3.05) is 13.4 Å². The zero-order valence-corrected chi connectivity index (χ0v) is 11.3. The first-order chi connectivity index (χ1) is 8.35. The highest BCUT2D eigenvalue weighted by Crippen LogP contribution is 2.23. The van der Waals surface area contributed by atoms with Gasteiger partial charge in [-0.25, -0.2) is 4.79 Å². The molecule has 0 fully saturated rings. The summed E-state index contributed by atoms with van der Waals surface area (Å²) in [6.45, 7) is 1.71. The number of methoxy groups -OCH3 is 1. The fourth-order valence-electron chi connectivity index (χ4n) is 1.56. The van der Waals surface area contributed by atoms with Crippen molar-refractivity contribution in [3.05, 3.63) is 35.9 Å². The van der Waals surface area contributed by atoms with Gasteiger partial charge in [-0.15, -0.1) is 0 Å². The summed E-state index contributed by atoms with van der Waals surface area (Å²) in [5.41, 5.74) is 0.802. The third kappa shape index (κ3) is 4.12. The lowest BCUT2D eigenvalue weighted by atomic mass is 9.95. The van der Waals surface area contributed by atoms with Gasteiger partial charge >= 0.3 is 5.97 Å². The number of hydrogen-bond donors (Lipinski definition) is 0. The molecule has 0 saturated heterocycles. The normalized spacial score (nSPS) is 14.8. The SMILES string of the molecule is COC(=O)[C@H](OS(C)(=O)=O)[C@H](C)c1ccccc1. The van der Waals surface area contributed by atoms with Crippen molar-refractivity contribution >= 4 is 16.1 Å². The van der Waals surface area contributed by atoms with Crippen LogP contribution in [0.3, 0.4) is 0 Å². The van der Waals surface area contributed by atoms with Gasteiger partial charge in [0.05, 0.1) is 13.4 Å². The van der Waals surface area contributed by atoms with Crippen LogP contribution in [-0.2, 0) is 23.8 Å². The molecule has 0 amide bonds. The van der Waals surface area contributed by atoms with Gasteiger partial charge < -0.3 is 4.74 Å². The zero-order chi connectivity index (χ0) is 13.8. The summed E-state index contributed by atoms with van der Waals surface area (Å²) in [5, 5.41) is 0. The van der Waals surface area contributed by atoms with Gasteiger partial charge in [0, 0.05) is 5.92 Å². The maximum atomic E-state index is 11.6. The van der Waals surface area contributed by atoms with Crippen LogP contribution in [0, 0.1) is 0 Å². The highest BCUT2D eigenvalue weighted by molar-refractivity contribution is 7.86. The van der Waals surface area contributed by atoms with E-state index in [2.05, 4.69) is 4.74 Å². The summed E-state index contributed by atoms with van der Waals surface area (Å²) in [6, 6.07) is 9.04. The van der Waals surface area contributed by atoms with Crippen molar-refractivity contribution < 1.29 is 22.1 Å². The maximum Gasteiger partial charge on any atom is 0.337 e. The number of benzene rings is 1. The highest BCUT2D eigenvalue weighted by atomic mass is 32.2. The molecular formula is C12H16O5S. The Morgan fingerprint density at radius 2 is 1.78 bits per heavy atom. The lowest BCUT2D eigenvalue weighted by molar-refractivity contribution is -0.149. The Morgan fingerprint density at radius 3 is 2.22 bits per heavy atom. The minimum Gasteiger partial charge on any atom is -0.467 e. The van der Waals surface area contributed by atoms with Gasteiger partial charge in [-0.2, -0.15) is 8.42 Å². The molecule has 0 bridgehead atoms. The van der Waals surface area contributed by atoms with Crippen LogP contribution in [0.2, 0.25) is 0 Å². The number of hydrogen-bond acceptors (Lipinski definition) is 5. The molecule has 1 aromatic rings. The number of carbonyl (C=O) groups excluding carboxylic acids is 1. The van der Waals surface area contributed by atoms with E-state index in [9.17, 15) is 13.2 Å². The van der Waals surface area contributed by atoms with E-state index in [1.165, 1.54) is 7.11 Å². The molecular weight excluding hydrogens is 256 g/mol. The van der Waals surface area contributed by atoms with E-state index in [0.717, 1.165) is 11.8 Å². The van der Waals surface area contributed by atoms with Gasteiger partial charge in [0.1, 0.15) is 0 Å². The van der Waals surface area contributed by atoms with Crippen LogP contribution in [-0.4, -0.2) is 33.9 Å². The molecule has 6 heteroatoms. The molecule has 0 N–H and O–H groups in total. The summed E-state index contributed by atoms with van der Waals surface area (Å²) >= 11 is 0. The quantitative estimate of drug-likeness (QED) is 0.597. The van der Waals surface area contributed by atoms with E-state index in [1.807, 2.05) is 6.07 Å². The zero-order valence-electron chi connectivity index (χ0n) is 10.5. The van der Waals surface area contributed by atoms with Crippen LogP contribution in [0.1, 0.15) is 18.4 Å². The van der Waals surface area contributed by atoms with Crippen LogP contribution in [0.4, 0.5) is 0 Å². The minimum atomic E-state index is -3.73. The predicted molar refractivity (Wildman–Crippen MR) is 66.6 cm³/mol. The van der Waals surface area contributed by atoms with Gasteiger partial charge in [-0.05, 0) is 5.56 Å². The molecule has 0 unspecified atom stereocenters. The Morgan fingerprint density at radius 1 is 1.22 bits per heavy atom. The van der Waals surface area contributed by atoms with Crippen LogP contribution < -0.4 is 0 Å². The lowest BCUT2D eigenvalue weighted by Crippen LogP contribution is -2.33. The van der Waals surface area contributed by atoms with Crippen molar-refractivity contribution in [2.24, 2.45) is 0 Å². The van der Waals surface area contributed by atoms with Gasteiger partial charge in [0.2, 0.25) is 0 Å². The first-order valence-corrected chi connectivity index (χ1v) is 7.18. The molecule has 0 radical (unpaired) electrons. The number of carbonyl (C=O) groups is 1. The maximum absolute atomic E-state index is 11.6. The van der Waals surface area contributed by atoms with Crippen molar-refractivity contribution in [3.63, 3.8) is 0 Å². The Kier molecular flexibility index (Phi) is 4.86. The molecule has 0 heterocycles. The standard InChI is InChI=1S/C12H16O5S/c1-9(10-7-5-4-6-8-10)11(12(13)16-2)17-18(3,14)15/h4-9,11H,1-3H3/t9-,11-/m1/s1. The monoisotopic (exact) mass is 272 g/mol. The summed E-state index contributed by atoms with van der Waals surface area (Å²) < 4.78 is 31.7. The van der Waals surface area contributed by atoms with Gasteiger partial charge in [-0.1, -0.05) is 37.3 Å². The van der Waals surface area contributed by atoms with E-state index in [4.69, 9.17) is 4.18 Å². The van der Waals surface area contributed by atoms with Crippen LogP contribution in [0.15, 0.2) is 30.3 Å². The number of esters is 1. The molecule has 0 aliphatic carbocycles. The predicted octanol–water partition coefficient (Wildman–Crippen LogP) is 1.31. The molecule has 1 aromatic carbocycles. The molecule has 2 atom stereocenters. The summed E-state index contributed by atoms with van der Waals surface area (Å²) in [4.78, 5) is 11.6. The minimum absolute atomic E-state index is 0.423. The van der Waals surface area contributed by atoms with Crippen LogP contribution >= 0.6 is 0 Å². The molecule has 1 rings (SSSR count). The topological polar surface area (TPSA) is 69.7 Å². The third-order valence-electron chi connectivity index (χ3n) is 2.49. The second-order valence-electron chi connectivity index (χ2n) is 3.94. The second-order valence-corrected chi connectivity index (χ2v) is 5.54. The Hall–Kier alpha value is -1.40. The van der Waals surface area contributed by atoms with Crippen LogP contribution in [0.25, 0.3) is 0 Å². The van der Waals surface area contributed by atoms with Gasteiger partial charge in [-0.3, -0.25) is 4.18 Å². The van der Waals surface area contributed by atoms with Crippen LogP contribution in [0.5, 0.6) is 0 Å². The molecule has 0 saturated carbocycles. The number of rotatable bonds is 5. The summed E-state index contributed by atoms with van der Waals surface area (Å²) in [6.07, 6.45) is -0.270.